The van der Waals surface area contributed by atoms with Crippen molar-refractivity contribution in [2.75, 3.05) is 38.1 Å². The molecular weight excluding hydrogens is 507 g/mol. The lowest BCUT2D eigenvalue weighted by Gasteiger charge is -2.17. The van der Waals surface area contributed by atoms with Gasteiger partial charge in [-0.05, 0) is 37.6 Å². The van der Waals surface area contributed by atoms with E-state index in [2.05, 4.69) is 19.6 Å². The molecule has 0 fully saturated rings. The predicted molar refractivity (Wildman–Crippen MR) is 131 cm³/mol. The SMILES string of the molecule is COc1c(N=S(C)C)cc2ncnc(Nc3ccc(Cl)cc3OCC(=O)NCC(F)(F)F)c2c1C. The van der Waals surface area contributed by atoms with Crippen LogP contribution in [0.3, 0.4) is 0 Å². The highest BCUT2D eigenvalue weighted by Gasteiger charge is 2.27. The third-order valence-corrected chi connectivity index (χ3v) is 5.42. The largest absolute Gasteiger partial charge is 0.494 e. The van der Waals surface area contributed by atoms with Crippen molar-refractivity contribution in [2.24, 2.45) is 4.36 Å². The summed E-state index contributed by atoms with van der Waals surface area (Å²) in [5, 5.41) is 5.89. The predicted octanol–water partition coefficient (Wildman–Crippen LogP) is 5.09. The number of anilines is 2. The number of nitrogens with one attached hydrogen (secondary N) is 2. The van der Waals surface area contributed by atoms with Crippen molar-refractivity contribution in [1.29, 1.82) is 0 Å². The van der Waals surface area contributed by atoms with Gasteiger partial charge in [-0.15, -0.1) is 10.7 Å². The first-order chi connectivity index (χ1) is 16.5. The molecule has 0 saturated heterocycles. The number of benzene rings is 2. The zero-order valence-electron chi connectivity index (χ0n) is 19.3. The van der Waals surface area contributed by atoms with Gasteiger partial charge in [-0.25, -0.2) is 14.3 Å². The molecule has 2 N–H and O–H groups in total. The molecule has 0 bridgehead atoms. The van der Waals surface area contributed by atoms with E-state index in [4.69, 9.17) is 21.1 Å². The van der Waals surface area contributed by atoms with E-state index in [1.54, 1.807) is 24.6 Å². The molecule has 0 atom stereocenters. The standard InChI is InChI=1S/C22H23ClF3N5O3S/c1-12-19-15(8-16(20(12)33-2)31-35(3)4)28-11-29-21(19)30-14-6-5-13(23)7-17(14)34-9-18(32)27-10-22(24,25)26/h5-8,11H,9-10H2,1-4H3,(H,27,32)(H,28,29,30). The van der Waals surface area contributed by atoms with Crippen molar-refractivity contribution in [3.05, 3.63) is 41.2 Å². The van der Waals surface area contributed by atoms with Crippen molar-refractivity contribution in [3.8, 4) is 11.5 Å². The maximum absolute atomic E-state index is 12.3. The topological polar surface area (TPSA) is 97.7 Å². The molecule has 0 aliphatic rings. The number of alkyl halides is 3. The Balaban J connectivity index is 1.94. The molecule has 8 nitrogen and oxygen atoms in total. The molecule has 0 unspecified atom stereocenters. The van der Waals surface area contributed by atoms with Crippen molar-refractivity contribution in [2.45, 2.75) is 13.1 Å². The van der Waals surface area contributed by atoms with Crippen LogP contribution in [-0.4, -0.2) is 54.8 Å². The number of halogens is 4. The molecule has 3 rings (SSSR count). The third-order valence-electron chi connectivity index (χ3n) is 4.62. The second-order valence-corrected chi connectivity index (χ2v) is 9.65. The Kier molecular flexibility index (Phi) is 8.39. The normalized spacial score (nSPS) is 11.5. The van der Waals surface area contributed by atoms with E-state index in [9.17, 15) is 18.0 Å². The number of carbonyl (C=O) groups is 1. The lowest BCUT2D eigenvalue weighted by atomic mass is 10.1. The Hall–Kier alpha value is -3.12. The highest BCUT2D eigenvalue weighted by Crippen LogP contribution is 2.40. The number of aryl methyl sites for hydroxylation is 1. The second-order valence-electron chi connectivity index (χ2n) is 7.48. The molecule has 1 amide bonds. The fourth-order valence-electron chi connectivity index (χ4n) is 3.24. The Morgan fingerprint density at radius 1 is 1.23 bits per heavy atom. The number of hydrogen-bond acceptors (Lipinski definition) is 7. The number of fused-ring (bicyclic) bond motifs is 1. The van der Waals surface area contributed by atoms with Crippen LogP contribution >= 0.6 is 11.6 Å². The van der Waals surface area contributed by atoms with Gasteiger partial charge in [-0.2, -0.15) is 13.2 Å². The monoisotopic (exact) mass is 529 g/mol. The lowest BCUT2D eigenvalue weighted by Crippen LogP contribution is -2.36. The molecule has 0 saturated carbocycles. The minimum Gasteiger partial charge on any atom is -0.494 e. The number of ether oxygens (including phenoxy) is 2. The summed E-state index contributed by atoms with van der Waals surface area (Å²) < 4.78 is 52.7. The smallest absolute Gasteiger partial charge is 0.405 e. The van der Waals surface area contributed by atoms with Gasteiger partial charge in [-0.3, -0.25) is 4.79 Å². The number of methoxy groups -OCH3 is 1. The molecule has 0 aliphatic heterocycles. The van der Waals surface area contributed by atoms with Gasteiger partial charge in [0, 0.05) is 22.0 Å². The molecule has 1 aromatic heterocycles. The molecule has 13 heteroatoms. The van der Waals surface area contributed by atoms with Crippen LogP contribution in [-0.2, 0) is 15.5 Å². The van der Waals surface area contributed by atoms with Crippen molar-refractivity contribution >= 4 is 56.3 Å². The number of aromatic nitrogens is 2. The summed E-state index contributed by atoms with van der Waals surface area (Å²) in [6.45, 7) is -0.221. The van der Waals surface area contributed by atoms with Gasteiger partial charge in [0.25, 0.3) is 5.91 Å². The molecule has 3 aromatic rings. The molecule has 0 radical (unpaired) electrons. The zero-order chi connectivity index (χ0) is 25.8. The van der Waals surface area contributed by atoms with Gasteiger partial charge in [0.15, 0.2) is 6.61 Å². The first-order valence-corrected chi connectivity index (χ1v) is 12.5. The molecule has 188 valence electrons. The van der Waals surface area contributed by atoms with Crippen molar-refractivity contribution in [1.82, 2.24) is 15.3 Å². The minimum atomic E-state index is -4.52. The van der Waals surface area contributed by atoms with Crippen LogP contribution < -0.4 is 20.1 Å². The van der Waals surface area contributed by atoms with Crippen LogP contribution in [0.15, 0.2) is 35.0 Å². The Bertz CT molecular complexity index is 1280. The summed E-state index contributed by atoms with van der Waals surface area (Å²) in [6, 6.07) is 6.46. The highest BCUT2D eigenvalue weighted by atomic mass is 35.5. The van der Waals surface area contributed by atoms with E-state index >= 15 is 0 Å². The first kappa shape index (κ1) is 26.5. The van der Waals surface area contributed by atoms with E-state index in [1.165, 1.54) is 12.4 Å². The van der Waals surface area contributed by atoms with Crippen molar-refractivity contribution < 1.29 is 27.4 Å². The number of nitrogens with zero attached hydrogens (tertiary/aromatic N) is 3. The minimum absolute atomic E-state index is 0.156. The number of hydrogen-bond donors (Lipinski definition) is 2. The zero-order valence-corrected chi connectivity index (χ0v) is 20.9. The van der Waals surface area contributed by atoms with Gasteiger partial charge >= 0.3 is 6.18 Å². The number of carbonyl (C=O) groups excluding carboxylic acids is 1. The molecule has 35 heavy (non-hydrogen) atoms. The lowest BCUT2D eigenvalue weighted by molar-refractivity contribution is -0.139. The first-order valence-electron chi connectivity index (χ1n) is 10.1. The van der Waals surface area contributed by atoms with Gasteiger partial charge in [0.1, 0.15) is 35.9 Å². The number of rotatable bonds is 8. The summed E-state index contributed by atoms with van der Waals surface area (Å²) in [7, 11) is 1.34. The Morgan fingerprint density at radius 2 is 1.97 bits per heavy atom. The number of amides is 1. The van der Waals surface area contributed by atoms with Crippen LogP contribution in [0.25, 0.3) is 10.9 Å². The molecule has 0 aliphatic carbocycles. The second kappa shape index (κ2) is 11.1. The maximum Gasteiger partial charge on any atom is 0.405 e. The fraction of sp³-hybridized carbons (Fsp3) is 0.318. The highest BCUT2D eigenvalue weighted by molar-refractivity contribution is 7.85. The van der Waals surface area contributed by atoms with Crippen LogP contribution in [0.5, 0.6) is 11.5 Å². The quantitative estimate of drug-likeness (QED) is 0.421. The van der Waals surface area contributed by atoms with E-state index in [-0.39, 0.29) is 16.4 Å². The van der Waals surface area contributed by atoms with E-state index < -0.39 is 25.2 Å². The maximum atomic E-state index is 12.3. The molecular formula is C22H23ClF3N5O3S. The summed E-state index contributed by atoms with van der Waals surface area (Å²) in [6.07, 6.45) is 0.835. The summed E-state index contributed by atoms with van der Waals surface area (Å²) >= 11 is 6.07. The Labute approximate surface area is 207 Å². The molecule has 2 aromatic carbocycles. The average molecular weight is 530 g/mol. The van der Waals surface area contributed by atoms with Crippen LogP contribution in [0.2, 0.25) is 5.02 Å². The fourth-order valence-corrected chi connectivity index (χ4v) is 3.93. The third kappa shape index (κ3) is 6.95. The van der Waals surface area contributed by atoms with Crippen LogP contribution in [0.1, 0.15) is 5.56 Å². The molecule has 1 heterocycles. The van der Waals surface area contributed by atoms with E-state index in [0.29, 0.717) is 38.9 Å². The summed E-state index contributed by atoms with van der Waals surface area (Å²) in [4.78, 5) is 20.5. The van der Waals surface area contributed by atoms with Gasteiger partial charge in [0.2, 0.25) is 0 Å². The van der Waals surface area contributed by atoms with Gasteiger partial charge in [-0.1, -0.05) is 11.6 Å². The summed E-state index contributed by atoms with van der Waals surface area (Å²) in [5.41, 5.74) is 2.47. The van der Waals surface area contributed by atoms with Crippen LogP contribution in [0.4, 0.5) is 30.4 Å². The van der Waals surface area contributed by atoms with E-state index in [1.807, 2.05) is 25.5 Å². The van der Waals surface area contributed by atoms with E-state index in [0.717, 1.165) is 5.56 Å². The molecule has 0 spiro atoms. The summed E-state index contributed by atoms with van der Waals surface area (Å²) in [5.74, 6) is 0.246. The van der Waals surface area contributed by atoms with Crippen molar-refractivity contribution in [3.63, 3.8) is 0 Å². The Morgan fingerprint density at radius 3 is 2.63 bits per heavy atom. The van der Waals surface area contributed by atoms with Gasteiger partial charge < -0.3 is 20.1 Å². The van der Waals surface area contributed by atoms with Gasteiger partial charge in [0.05, 0.1) is 18.3 Å². The average Bonchev–Trinajstić information content (AvgIpc) is 2.77. The van der Waals surface area contributed by atoms with Crippen LogP contribution in [0, 0.1) is 6.92 Å².